The molecule has 1 aliphatic carbocycles. The van der Waals surface area contributed by atoms with Crippen molar-refractivity contribution in [1.82, 2.24) is 29.5 Å². The number of aliphatic hydroxyl groups is 1. The number of alkyl halides is 1. The van der Waals surface area contributed by atoms with Gasteiger partial charge in [0.2, 0.25) is 0 Å². The summed E-state index contributed by atoms with van der Waals surface area (Å²) in [6, 6.07) is 5.00. The Morgan fingerprint density at radius 1 is 1.26 bits per heavy atom. The number of aliphatic hydroxyl groups excluding tert-OH is 1. The molecule has 0 aromatic carbocycles. The maximum atomic E-state index is 13.7. The number of rotatable bonds is 5. The molecule has 176 valence electrons. The molecular formula is C23H24FN7O3. The fourth-order valence-corrected chi connectivity index (χ4v) is 4.63. The van der Waals surface area contributed by atoms with Crippen LogP contribution in [0.3, 0.4) is 0 Å². The molecule has 11 heteroatoms. The number of fused-ring (bicyclic) bond motifs is 2. The molecule has 1 saturated carbocycles. The Bertz CT molecular complexity index is 1350. The molecule has 0 radical (unpaired) electrons. The van der Waals surface area contributed by atoms with Gasteiger partial charge in [-0.25, -0.2) is 14.4 Å². The van der Waals surface area contributed by atoms with E-state index in [0.717, 1.165) is 11.1 Å². The summed E-state index contributed by atoms with van der Waals surface area (Å²) in [5, 5.41) is 20.5. The Balaban J connectivity index is 1.41. The third-order valence-electron chi connectivity index (χ3n) is 6.73. The number of pyridine rings is 1. The van der Waals surface area contributed by atoms with Gasteiger partial charge in [0.1, 0.15) is 29.5 Å². The summed E-state index contributed by atoms with van der Waals surface area (Å²) in [4.78, 5) is 22.2. The Labute approximate surface area is 194 Å². The van der Waals surface area contributed by atoms with Crippen molar-refractivity contribution in [2.24, 2.45) is 0 Å². The van der Waals surface area contributed by atoms with Crippen LogP contribution < -0.4 is 10.6 Å². The van der Waals surface area contributed by atoms with Gasteiger partial charge in [-0.15, -0.1) is 0 Å². The summed E-state index contributed by atoms with van der Waals surface area (Å²) in [5.41, 5.74) is 2.91. The van der Waals surface area contributed by atoms with Gasteiger partial charge in [0.05, 0.1) is 37.2 Å². The van der Waals surface area contributed by atoms with Crippen molar-refractivity contribution in [3.05, 3.63) is 42.4 Å². The van der Waals surface area contributed by atoms with E-state index in [1.54, 1.807) is 17.8 Å². The molecular weight excluding hydrogens is 441 g/mol. The number of hydrogen-bond donors (Lipinski definition) is 3. The first-order valence-electron chi connectivity index (χ1n) is 11.3. The molecule has 0 bridgehead atoms. The lowest BCUT2D eigenvalue weighted by Crippen LogP contribution is -2.48. The molecule has 2 aromatic rings. The average Bonchev–Trinajstić information content (AvgIpc) is 3.58. The number of halogens is 1. The SMILES string of the molecule is CNc1cc(-c2cnc3n([C@H]4COC[C@@H]4O)cccc2-3)nc2c(C(=O)NC3CC[C@@H]3F)cnn12. The van der Waals surface area contributed by atoms with Crippen LogP contribution in [0.15, 0.2) is 36.8 Å². The van der Waals surface area contributed by atoms with E-state index in [-0.39, 0.29) is 11.6 Å². The molecule has 1 saturated heterocycles. The summed E-state index contributed by atoms with van der Waals surface area (Å²) in [5.74, 6) is 0.960. The first-order valence-corrected chi connectivity index (χ1v) is 11.3. The number of nitrogens with zero attached hydrogens (tertiary/aromatic N) is 5. The van der Waals surface area contributed by atoms with Gasteiger partial charge < -0.3 is 25.0 Å². The van der Waals surface area contributed by atoms with E-state index in [0.29, 0.717) is 49.0 Å². The molecule has 0 spiro atoms. The predicted octanol–water partition coefficient (Wildman–Crippen LogP) is 1.90. The Kier molecular flexibility index (Phi) is 4.96. The summed E-state index contributed by atoms with van der Waals surface area (Å²) >= 11 is 0. The van der Waals surface area contributed by atoms with Gasteiger partial charge in [-0.3, -0.25) is 4.79 Å². The number of amides is 1. The molecule has 34 heavy (non-hydrogen) atoms. The van der Waals surface area contributed by atoms with Gasteiger partial charge >= 0.3 is 0 Å². The summed E-state index contributed by atoms with van der Waals surface area (Å²) < 4.78 is 22.6. The van der Waals surface area contributed by atoms with Gasteiger partial charge in [-0.2, -0.15) is 9.61 Å². The number of carbonyl (C=O) groups is 1. The third kappa shape index (κ3) is 3.23. The number of nitrogens with one attached hydrogen (secondary N) is 2. The van der Waals surface area contributed by atoms with Crippen LogP contribution in [0.5, 0.6) is 0 Å². The lowest BCUT2D eigenvalue weighted by atomic mass is 9.90. The lowest BCUT2D eigenvalue weighted by Gasteiger charge is -2.30. The molecule has 3 aliphatic heterocycles. The molecule has 6 rings (SSSR count). The molecule has 4 atom stereocenters. The van der Waals surface area contributed by atoms with Crippen molar-refractivity contribution in [1.29, 1.82) is 0 Å². The number of anilines is 1. The molecule has 3 N–H and O–H groups in total. The van der Waals surface area contributed by atoms with E-state index in [4.69, 9.17) is 9.72 Å². The van der Waals surface area contributed by atoms with E-state index >= 15 is 0 Å². The summed E-state index contributed by atoms with van der Waals surface area (Å²) in [7, 11) is 1.76. The Morgan fingerprint density at radius 3 is 2.85 bits per heavy atom. The van der Waals surface area contributed by atoms with Crippen molar-refractivity contribution >= 4 is 17.4 Å². The topological polar surface area (TPSA) is 119 Å². The minimum atomic E-state index is -1.01. The van der Waals surface area contributed by atoms with Gasteiger partial charge in [-0.1, -0.05) is 0 Å². The Hall–Kier alpha value is -3.57. The minimum absolute atomic E-state index is 0.217. The molecule has 2 aromatic heterocycles. The van der Waals surface area contributed by atoms with Crippen molar-refractivity contribution < 1.29 is 19.0 Å². The zero-order chi connectivity index (χ0) is 23.4. The van der Waals surface area contributed by atoms with Crippen LogP contribution in [0, 0.1) is 0 Å². The molecule has 4 aliphatic rings. The Morgan fingerprint density at radius 2 is 2.15 bits per heavy atom. The van der Waals surface area contributed by atoms with Crippen molar-refractivity contribution in [3.63, 3.8) is 0 Å². The lowest BCUT2D eigenvalue weighted by molar-refractivity contribution is 0.0826. The van der Waals surface area contributed by atoms with Crippen LogP contribution in [0.2, 0.25) is 0 Å². The van der Waals surface area contributed by atoms with Crippen molar-refractivity contribution in [3.8, 4) is 22.6 Å². The fraction of sp³-hybridized carbons (Fsp3) is 0.391. The van der Waals surface area contributed by atoms with Gasteiger partial charge in [0.15, 0.2) is 5.65 Å². The normalized spacial score (nSPS) is 24.4. The molecule has 1 unspecified atom stereocenters. The number of hydrogen-bond acceptors (Lipinski definition) is 7. The maximum Gasteiger partial charge on any atom is 0.257 e. The van der Waals surface area contributed by atoms with Crippen molar-refractivity contribution in [2.45, 2.75) is 37.2 Å². The highest BCUT2D eigenvalue weighted by atomic mass is 19.1. The summed E-state index contributed by atoms with van der Waals surface area (Å²) in [6.45, 7) is 0.706. The van der Waals surface area contributed by atoms with E-state index in [1.807, 2.05) is 29.0 Å². The fourth-order valence-electron chi connectivity index (χ4n) is 4.63. The highest BCUT2D eigenvalue weighted by molar-refractivity contribution is 6.00. The molecule has 5 heterocycles. The zero-order valence-electron chi connectivity index (χ0n) is 18.5. The smallest absolute Gasteiger partial charge is 0.257 e. The number of carbonyl (C=O) groups excluding carboxylic acids is 1. The van der Waals surface area contributed by atoms with E-state index in [1.165, 1.54) is 6.20 Å². The molecule has 2 fully saturated rings. The maximum absolute atomic E-state index is 13.7. The van der Waals surface area contributed by atoms with Crippen LogP contribution in [-0.4, -0.2) is 73.7 Å². The molecule has 10 nitrogen and oxygen atoms in total. The highest BCUT2D eigenvalue weighted by Crippen LogP contribution is 2.36. The predicted molar refractivity (Wildman–Crippen MR) is 122 cm³/mol. The van der Waals surface area contributed by atoms with Crippen LogP contribution >= 0.6 is 0 Å². The first kappa shape index (κ1) is 21.0. The third-order valence-corrected chi connectivity index (χ3v) is 6.73. The van der Waals surface area contributed by atoms with Gasteiger partial charge in [0, 0.05) is 36.6 Å². The molecule has 1 amide bonds. The summed E-state index contributed by atoms with van der Waals surface area (Å²) in [6.07, 6.45) is 4.54. The minimum Gasteiger partial charge on any atom is -0.388 e. The second-order valence-electron chi connectivity index (χ2n) is 8.74. The van der Waals surface area contributed by atoms with Crippen LogP contribution in [0.4, 0.5) is 10.2 Å². The van der Waals surface area contributed by atoms with E-state index in [2.05, 4.69) is 20.7 Å². The monoisotopic (exact) mass is 465 g/mol. The first-order chi connectivity index (χ1) is 16.5. The van der Waals surface area contributed by atoms with Crippen LogP contribution in [-0.2, 0) is 4.74 Å². The average molecular weight is 465 g/mol. The zero-order valence-corrected chi connectivity index (χ0v) is 18.5. The van der Waals surface area contributed by atoms with E-state index in [9.17, 15) is 14.3 Å². The van der Waals surface area contributed by atoms with Gasteiger partial charge in [-0.05, 0) is 25.0 Å². The largest absolute Gasteiger partial charge is 0.388 e. The quantitative estimate of drug-likeness (QED) is 0.412. The van der Waals surface area contributed by atoms with Gasteiger partial charge in [0.25, 0.3) is 5.91 Å². The second kappa shape index (κ2) is 8.03. The van der Waals surface area contributed by atoms with Crippen LogP contribution in [0.1, 0.15) is 29.2 Å². The van der Waals surface area contributed by atoms with Crippen molar-refractivity contribution in [2.75, 3.05) is 25.6 Å². The highest BCUT2D eigenvalue weighted by Gasteiger charge is 2.33. The number of ether oxygens (including phenoxy) is 1. The second-order valence-corrected chi connectivity index (χ2v) is 8.74. The van der Waals surface area contributed by atoms with Crippen LogP contribution in [0.25, 0.3) is 28.3 Å². The standard InChI is InChI=1S/C23H24FN7O3/c1-25-20-7-17(28-22-14(9-27-31(20)22)23(33)29-16-5-4-15(16)24)13-8-26-21-12(13)3-2-6-30(21)18-10-34-11-19(18)32/h2-3,6-9,15-16,18-19,25,32H,4-5,10-11H2,1H3,(H,29,33)/t15-,16?,18-,19-/m0/s1. The van der Waals surface area contributed by atoms with E-state index < -0.39 is 24.2 Å². The number of aromatic nitrogens is 5.